The van der Waals surface area contributed by atoms with E-state index in [1.165, 1.54) is 109 Å². The van der Waals surface area contributed by atoms with E-state index >= 15 is 0 Å². The molecule has 0 aromatic rings. The van der Waals surface area contributed by atoms with Crippen LogP contribution in [0.2, 0.25) is 0 Å². The second-order valence-electron chi connectivity index (χ2n) is 22.1. The van der Waals surface area contributed by atoms with E-state index in [0.717, 1.165) is 116 Å². The summed E-state index contributed by atoms with van der Waals surface area (Å²) in [4.78, 5) is 26.6. The lowest BCUT2D eigenvalue weighted by Crippen LogP contribution is -2.61. The number of nitrogens with one attached hydrogen (secondary N) is 1. The lowest BCUT2D eigenvalue weighted by molar-refractivity contribution is -0.305. The Morgan fingerprint density at radius 3 is 1.37 bits per heavy atom. The van der Waals surface area contributed by atoms with Crippen LogP contribution in [-0.2, 0) is 23.8 Å². The molecule has 11 nitrogen and oxygen atoms in total. The van der Waals surface area contributed by atoms with Crippen LogP contribution >= 0.6 is 0 Å². The molecular weight excluding hydrogens is 991 g/mol. The Balaban J connectivity index is 2.61. The SMILES string of the molecule is CC/C=C\C/C=C\C/C=C\C/C=C\C/C=C\C/C=C\CCCCCCCCC(=O)OC1C(OCC(NC(=O)C(O)CCCCCCCCCCCCCCCC)C(O)/C=C/CCCCCCCCCCC)OC(CO)C(O)C1O. The van der Waals surface area contributed by atoms with Crippen molar-refractivity contribution in [3.63, 3.8) is 0 Å². The van der Waals surface area contributed by atoms with Crippen LogP contribution in [0.5, 0.6) is 0 Å². The Hall–Kier alpha value is -3.16. The quantitative estimate of drug-likeness (QED) is 0.0195. The molecule has 79 heavy (non-hydrogen) atoms. The minimum atomic E-state index is -1.62. The zero-order chi connectivity index (χ0) is 57.5. The first-order valence-electron chi connectivity index (χ1n) is 32.4. The fourth-order valence-corrected chi connectivity index (χ4v) is 9.71. The maximum Gasteiger partial charge on any atom is 0.306 e. The van der Waals surface area contributed by atoms with Gasteiger partial charge in [0.05, 0.1) is 25.4 Å². The van der Waals surface area contributed by atoms with Crippen LogP contribution in [0.3, 0.4) is 0 Å². The van der Waals surface area contributed by atoms with Gasteiger partial charge >= 0.3 is 5.97 Å². The number of hydrogen-bond donors (Lipinski definition) is 6. The molecule has 1 heterocycles. The molecule has 8 atom stereocenters. The molecule has 1 amide bonds. The number of ether oxygens (including phenoxy) is 3. The Bertz CT molecular complexity index is 1610. The van der Waals surface area contributed by atoms with Crippen molar-refractivity contribution < 1.29 is 49.3 Å². The largest absolute Gasteiger partial charge is 0.454 e. The zero-order valence-electron chi connectivity index (χ0n) is 50.5. The van der Waals surface area contributed by atoms with Gasteiger partial charge in [-0.15, -0.1) is 0 Å². The predicted octanol–water partition coefficient (Wildman–Crippen LogP) is 15.7. The standard InChI is InChI=1S/C68H119NO10/c1-4-7-10-13-16-19-22-24-26-27-28-29-30-31-32-33-34-35-36-38-41-44-47-50-53-56-63(73)79-66-65(75)64(74)62(57-70)78-68(66)77-58-59(60(71)54-51-48-45-42-39-21-18-15-12-9-6-3)69-67(76)61(72)55-52-49-46-43-40-37-25-23-20-17-14-11-8-5-2/h7,10,16,19,24,26,28-29,31-32,34-35,51,54,59-62,64-66,68,70-72,74-75H,4-6,8-9,11-15,17-18,20-23,25,27,30,33,36-50,52-53,55-58H2,1-3H3,(H,69,76)/b10-7-,19-16-,26-24-,29-28-,32-31-,35-34-,54-51+. The molecule has 0 saturated carbocycles. The number of aliphatic hydroxyl groups is 5. The van der Waals surface area contributed by atoms with Gasteiger partial charge in [0, 0.05) is 6.42 Å². The van der Waals surface area contributed by atoms with E-state index in [4.69, 9.17) is 14.2 Å². The lowest BCUT2D eigenvalue weighted by Gasteiger charge is -2.41. The number of esters is 1. The predicted molar refractivity (Wildman–Crippen MR) is 329 cm³/mol. The highest BCUT2D eigenvalue weighted by atomic mass is 16.7. The van der Waals surface area contributed by atoms with Crippen molar-refractivity contribution in [2.75, 3.05) is 13.2 Å². The molecule has 456 valence electrons. The van der Waals surface area contributed by atoms with E-state index in [2.05, 4.69) is 99.0 Å². The van der Waals surface area contributed by atoms with E-state index in [0.29, 0.717) is 19.3 Å². The first-order chi connectivity index (χ1) is 38.7. The first-order valence-corrected chi connectivity index (χ1v) is 32.4. The summed E-state index contributed by atoms with van der Waals surface area (Å²) < 4.78 is 17.6. The van der Waals surface area contributed by atoms with E-state index in [9.17, 15) is 35.1 Å². The molecule has 0 aromatic heterocycles. The van der Waals surface area contributed by atoms with E-state index in [1.54, 1.807) is 6.08 Å². The highest BCUT2D eigenvalue weighted by molar-refractivity contribution is 5.80. The van der Waals surface area contributed by atoms with Crippen molar-refractivity contribution in [1.29, 1.82) is 0 Å². The lowest BCUT2D eigenvalue weighted by atomic mass is 9.99. The fourth-order valence-electron chi connectivity index (χ4n) is 9.71. The normalized spacial score (nSPS) is 19.4. The number of rotatable bonds is 54. The van der Waals surface area contributed by atoms with Gasteiger partial charge in [-0.05, 0) is 77.0 Å². The van der Waals surface area contributed by atoms with Gasteiger partial charge in [-0.25, -0.2) is 0 Å². The third-order valence-electron chi connectivity index (χ3n) is 14.8. The number of carbonyl (C=O) groups excluding carboxylic acids is 2. The second-order valence-corrected chi connectivity index (χ2v) is 22.1. The fraction of sp³-hybridized carbons (Fsp3) is 0.765. The molecule has 1 aliphatic rings. The maximum atomic E-state index is 13.4. The minimum Gasteiger partial charge on any atom is -0.454 e. The second kappa shape index (κ2) is 55.4. The van der Waals surface area contributed by atoms with E-state index in [1.807, 2.05) is 6.08 Å². The molecule has 11 heteroatoms. The number of allylic oxidation sites excluding steroid dienone is 13. The van der Waals surface area contributed by atoms with Crippen molar-refractivity contribution in [2.45, 2.75) is 320 Å². The molecule has 1 aliphatic heterocycles. The summed E-state index contributed by atoms with van der Waals surface area (Å²) in [6.07, 6.45) is 61.9. The van der Waals surface area contributed by atoms with Gasteiger partial charge in [-0.3, -0.25) is 9.59 Å². The van der Waals surface area contributed by atoms with Crippen LogP contribution in [0.15, 0.2) is 85.1 Å². The summed E-state index contributed by atoms with van der Waals surface area (Å²) >= 11 is 0. The molecule has 0 aliphatic carbocycles. The Morgan fingerprint density at radius 1 is 0.506 bits per heavy atom. The number of unbranched alkanes of at least 4 members (excludes halogenated alkanes) is 28. The van der Waals surface area contributed by atoms with Crippen LogP contribution in [0.4, 0.5) is 0 Å². The molecule has 0 aromatic carbocycles. The zero-order valence-corrected chi connectivity index (χ0v) is 50.5. The molecule has 8 unspecified atom stereocenters. The van der Waals surface area contributed by atoms with Gasteiger partial charge < -0.3 is 45.1 Å². The van der Waals surface area contributed by atoms with Gasteiger partial charge in [0.25, 0.3) is 0 Å². The average Bonchev–Trinajstić information content (AvgIpc) is 3.47. The number of carbonyl (C=O) groups is 2. The Kier molecular flexibility index (Phi) is 51.8. The molecule has 0 spiro atoms. The Labute approximate surface area is 483 Å². The van der Waals surface area contributed by atoms with Crippen LogP contribution in [0.25, 0.3) is 0 Å². The van der Waals surface area contributed by atoms with Gasteiger partial charge in [0.15, 0.2) is 12.4 Å². The third kappa shape index (κ3) is 43.2. The minimum absolute atomic E-state index is 0.104. The molecular formula is C68H119NO10. The van der Waals surface area contributed by atoms with Gasteiger partial charge in [-0.1, -0.05) is 273 Å². The third-order valence-corrected chi connectivity index (χ3v) is 14.8. The smallest absolute Gasteiger partial charge is 0.306 e. The van der Waals surface area contributed by atoms with Crippen LogP contribution in [0, 0.1) is 0 Å². The summed E-state index contributed by atoms with van der Waals surface area (Å²) in [7, 11) is 0. The molecule has 1 rings (SSSR count). The maximum absolute atomic E-state index is 13.4. The molecule has 0 bridgehead atoms. The van der Waals surface area contributed by atoms with Crippen LogP contribution < -0.4 is 5.32 Å². The van der Waals surface area contributed by atoms with Gasteiger partial charge in [0.1, 0.15) is 24.4 Å². The van der Waals surface area contributed by atoms with Crippen molar-refractivity contribution in [3.05, 3.63) is 85.1 Å². The van der Waals surface area contributed by atoms with Crippen molar-refractivity contribution >= 4 is 11.9 Å². The van der Waals surface area contributed by atoms with Crippen molar-refractivity contribution in [3.8, 4) is 0 Å². The monoisotopic (exact) mass is 1110 g/mol. The van der Waals surface area contributed by atoms with Gasteiger partial charge in [-0.2, -0.15) is 0 Å². The summed E-state index contributed by atoms with van der Waals surface area (Å²) in [5, 5.41) is 57.0. The van der Waals surface area contributed by atoms with Gasteiger partial charge in [0.2, 0.25) is 5.91 Å². The molecule has 1 saturated heterocycles. The number of amides is 1. The average molecular weight is 1110 g/mol. The number of aliphatic hydroxyl groups excluding tert-OH is 5. The highest BCUT2D eigenvalue weighted by Gasteiger charge is 2.47. The van der Waals surface area contributed by atoms with Crippen LogP contribution in [-0.4, -0.2) is 99.6 Å². The molecule has 0 radical (unpaired) electrons. The first kappa shape index (κ1) is 73.9. The summed E-state index contributed by atoms with van der Waals surface area (Å²) in [5.74, 6) is -1.21. The van der Waals surface area contributed by atoms with Crippen molar-refractivity contribution in [2.24, 2.45) is 0 Å². The summed E-state index contributed by atoms with van der Waals surface area (Å²) in [6.45, 7) is 5.67. The molecule has 1 fully saturated rings. The van der Waals surface area contributed by atoms with E-state index < -0.39 is 67.4 Å². The van der Waals surface area contributed by atoms with Crippen LogP contribution in [0.1, 0.15) is 271 Å². The Morgan fingerprint density at radius 2 is 0.911 bits per heavy atom. The van der Waals surface area contributed by atoms with E-state index in [-0.39, 0.29) is 13.0 Å². The van der Waals surface area contributed by atoms with Crippen molar-refractivity contribution in [1.82, 2.24) is 5.32 Å². The summed E-state index contributed by atoms with van der Waals surface area (Å²) in [6, 6.07) is -1.03. The molecule has 6 N–H and O–H groups in total. The number of hydrogen-bond acceptors (Lipinski definition) is 10. The topological polar surface area (TPSA) is 175 Å². The summed E-state index contributed by atoms with van der Waals surface area (Å²) in [5.41, 5.74) is 0. The highest BCUT2D eigenvalue weighted by Crippen LogP contribution is 2.26.